The van der Waals surface area contributed by atoms with Gasteiger partial charge in [0, 0.05) is 12.1 Å². The van der Waals surface area contributed by atoms with Crippen molar-refractivity contribution in [2.75, 3.05) is 13.7 Å². The molecule has 0 heterocycles. The number of benzene rings is 2. The predicted octanol–water partition coefficient (Wildman–Crippen LogP) is 3.96. The zero-order chi connectivity index (χ0) is 27.0. The Balaban J connectivity index is 2.30. The van der Waals surface area contributed by atoms with Gasteiger partial charge in [0.2, 0.25) is 5.75 Å². The van der Waals surface area contributed by atoms with Crippen LogP contribution in [0.3, 0.4) is 0 Å². The van der Waals surface area contributed by atoms with Gasteiger partial charge in [-0.25, -0.2) is 9.59 Å². The number of hydrogen-bond acceptors (Lipinski definition) is 10. The summed E-state index contributed by atoms with van der Waals surface area (Å²) in [6, 6.07) is 4.21. The van der Waals surface area contributed by atoms with Gasteiger partial charge < -0.3 is 19.4 Å². The number of hydroxylamine groups is 1. The summed E-state index contributed by atoms with van der Waals surface area (Å²) in [5.74, 6) is -3.50. The molecule has 1 atom stereocenters. The number of nitro benzene ring substituents is 1. The van der Waals surface area contributed by atoms with Gasteiger partial charge in [0.05, 0.1) is 21.6 Å². The monoisotopic (exact) mass is 535 g/mol. The van der Waals surface area contributed by atoms with Gasteiger partial charge in [-0.2, -0.15) is 18.7 Å². The van der Waals surface area contributed by atoms with Crippen LogP contribution in [0.15, 0.2) is 41.6 Å². The van der Waals surface area contributed by atoms with Gasteiger partial charge in [-0.3, -0.25) is 15.0 Å². The van der Waals surface area contributed by atoms with Crippen molar-refractivity contribution in [3.05, 3.63) is 57.1 Å². The van der Waals surface area contributed by atoms with Crippen LogP contribution in [0, 0.1) is 10.1 Å². The second-order valence-electron chi connectivity index (χ2n) is 6.70. The lowest BCUT2D eigenvalue weighted by molar-refractivity contribution is -0.385. The highest BCUT2D eigenvalue weighted by molar-refractivity contribution is 6.38. The first-order chi connectivity index (χ1) is 16.8. The van der Waals surface area contributed by atoms with Crippen LogP contribution in [0.2, 0.25) is 5.02 Å². The zero-order valence-electron chi connectivity index (χ0n) is 18.4. The Morgan fingerprint density at radius 3 is 2.47 bits per heavy atom. The van der Waals surface area contributed by atoms with E-state index in [0.29, 0.717) is 6.07 Å². The molecule has 0 aliphatic rings. The van der Waals surface area contributed by atoms with Gasteiger partial charge in [-0.1, -0.05) is 16.8 Å². The minimum Gasteiger partial charge on any atom is -0.479 e. The molecule has 2 rings (SSSR count). The number of nitro groups is 1. The first kappa shape index (κ1) is 28.3. The molecular formula is C20H17ClF3N3O9. The maximum atomic E-state index is 12.8. The van der Waals surface area contributed by atoms with E-state index in [4.69, 9.17) is 26.2 Å². The molecule has 36 heavy (non-hydrogen) atoms. The quantitative estimate of drug-likeness (QED) is 0.142. The van der Waals surface area contributed by atoms with E-state index in [-0.39, 0.29) is 11.5 Å². The van der Waals surface area contributed by atoms with Crippen molar-refractivity contribution in [2.24, 2.45) is 5.16 Å². The third-order valence-corrected chi connectivity index (χ3v) is 4.38. The van der Waals surface area contributed by atoms with E-state index in [2.05, 4.69) is 20.3 Å². The van der Waals surface area contributed by atoms with Crippen LogP contribution in [-0.4, -0.2) is 47.4 Å². The van der Waals surface area contributed by atoms with E-state index in [0.717, 1.165) is 37.4 Å². The number of oxime groups is 1. The van der Waals surface area contributed by atoms with Gasteiger partial charge in [0.1, 0.15) is 18.6 Å². The summed E-state index contributed by atoms with van der Waals surface area (Å²) in [6.07, 6.45) is -4.64. The highest BCUT2D eigenvalue weighted by Gasteiger charge is 2.31. The molecule has 0 bridgehead atoms. The lowest BCUT2D eigenvalue weighted by Gasteiger charge is -2.15. The largest absolute Gasteiger partial charge is 0.479 e. The fraction of sp³-hybridized carbons (Fsp3) is 0.250. The minimum absolute atomic E-state index is 0.161. The van der Waals surface area contributed by atoms with Crippen molar-refractivity contribution in [3.8, 4) is 17.2 Å². The summed E-state index contributed by atoms with van der Waals surface area (Å²) in [4.78, 5) is 43.0. The molecule has 0 spiro atoms. The molecule has 0 aromatic heterocycles. The molecule has 0 fully saturated rings. The second-order valence-corrected chi connectivity index (χ2v) is 7.11. The smallest absolute Gasteiger partial charge is 0.416 e. The molecule has 2 N–H and O–H groups in total. The molecule has 1 unspecified atom stereocenters. The summed E-state index contributed by atoms with van der Waals surface area (Å²) in [7, 11) is 1.10. The summed E-state index contributed by atoms with van der Waals surface area (Å²) in [5.41, 5.74) is 0.0709. The van der Waals surface area contributed by atoms with E-state index in [1.807, 2.05) is 0 Å². The van der Waals surface area contributed by atoms with Crippen molar-refractivity contribution in [1.29, 1.82) is 0 Å². The fourth-order valence-electron chi connectivity index (χ4n) is 2.51. The average molecular weight is 536 g/mol. The number of carboxylic acid groups (broad SMARTS) is 1. The number of hydrogen-bond donors (Lipinski definition) is 2. The Morgan fingerprint density at radius 1 is 1.22 bits per heavy atom. The van der Waals surface area contributed by atoms with Crippen LogP contribution in [0.25, 0.3) is 0 Å². The number of nitrogens with one attached hydrogen (secondary N) is 1. The Bertz CT molecular complexity index is 1170. The van der Waals surface area contributed by atoms with Crippen LogP contribution in [-0.2, 0) is 25.4 Å². The minimum atomic E-state index is -4.64. The molecule has 194 valence electrons. The zero-order valence-corrected chi connectivity index (χ0v) is 19.1. The third kappa shape index (κ3) is 7.79. The van der Waals surface area contributed by atoms with E-state index in [1.165, 1.54) is 6.92 Å². The predicted molar refractivity (Wildman–Crippen MR) is 116 cm³/mol. The van der Waals surface area contributed by atoms with Crippen LogP contribution >= 0.6 is 11.6 Å². The average Bonchev–Trinajstić information content (AvgIpc) is 2.77. The number of rotatable bonds is 11. The number of esters is 1. The van der Waals surface area contributed by atoms with Crippen LogP contribution < -0.4 is 15.0 Å². The first-order valence-electron chi connectivity index (χ1n) is 9.58. The van der Waals surface area contributed by atoms with Crippen molar-refractivity contribution in [3.63, 3.8) is 0 Å². The number of carbonyl (C=O) groups excluding carboxylic acids is 1. The van der Waals surface area contributed by atoms with Crippen LogP contribution in [0.1, 0.15) is 12.5 Å². The Labute approximate surface area is 205 Å². The molecule has 0 saturated heterocycles. The third-order valence-electron chi connectivity index (χ3n) is 4.08. The molecule has 0 saturated carbocycles. The normalized spacial score (nSPS) is 12.6. The molecule has 2 aromatic rings. The van der Waals surface area contributed by atoms with Gasteiger partial charge >= 0.3 is 23.8 Å². The number of carbonyl (C=O) groups is 2. The number of halogens is 4. The van der Waals surface area contributed by atoms with Crippen molar-refractivity contribution in [1.82, 2.24) is 5.48 Å². The van der Waals surface area contributed by atoms with Gasteiger partial charge in [-0.05, 0) is 31.2 Å². The van der Waals surface area contributed by atoms with E-state index in [1.54, 1.807) is 0 Å². The van der Waals surface area contributed by atoms with Crippen molar-refractivity contribution >= 4 is 34.9 Å². The topological polar surface area (TPSA) is 159 Å². The van der Waals surface area contributed by atoms with Crippen LogP contribution in [0.4, 0.5) is 18.9 Å². The van der Waals surface area contributed by atoms with E-state index < -0.39 is 63.4 Å². The number of alkyl halides is 3. The number of nitrogens with zero attached hydrogens (tertiary/aromatic N) is 2. The maximum Gasteiger partial charge on any atom is 0.416 e. The van der Waals surface area contributed by atoms with Crippen LogP contribution in [0.5, 0.6) is 17.2 Å². The molecule has 2 aromatic carbocycles. The summed E-state index contributed by atoms with van der Waals surface area (Å²) < 4.78 is 49.0. The molecular weight excluding hydrogens is 519 g/mol. The second kappa shape index (κ2) is 12.1. The summed E-state index contributed by atoms with van der Waals surface area (Å²) in [5, 5.41) is 23.1. The number of ether oxygens (including phenoxy) is 2. The molecule has 12 nitrogen and oxygen atoms in total. The van der Waals surface area contributed by atoms with Crippen molar-refractivity contribution in [2.45, 2.75) is 19.1 Å². The van der Waals surface area contributed by atoms with Crippen molar-refractivity contribution < 1.29 is 51.9 Å². The number of aliphatic carboxylic acids is 1. The van der Waals surface area contributed by atoms with Gasteiger partial charge in [-0.15, -0.1) is 0 Å². The molecule has 0 radical (unpaired) electrons. The Hall–Kier alpha value is -3.95. The van der Waals surface area contributed by atoms with Gasteiger partial charge in [0.15, 0.2) is 12.3 Å². The first-order valence-corrected chi connectivity index (χ1v) is 9.96. The molecule has 16 heteroatoms. The maximum absolute atomic E-state index is 12.8. The van der Waals surface area contributed by atoms with E-state index in [9.17, 15) is 32.9 Å². The highest BCUT2D eigenvalue weighted by Crippen LogP contribution is 2.38. The Morgan fingerprint density at radius 2 is 1.92 bits per heavy atom. The Kier molecular flexibility index (Phi) is 9.54. The highest BCUT2D eigenvalue weighted by atomic mass is 35.5. The molecule has 0 amide bonds. The molecule has 0 aliphatic carbocycles. The fourth-order valence-corrected chi connectivity index (χ4v) is 2.72. The lowest BCUT2D eigenvalue weighted by atomic mass is 10.2. The lowest BCUT2D eigenvalue weighted by Crippen LogP contribution is -2.41. The summed E-state index contributed by atoms with van der Waals surface area (Å²) >= 11 is 5.86. The van der Waals surface area contributed by atoms with Gasteiger partial charge in [0.25, 0.3) is 0 Å². The summed E-state index contributed by atoms with van der Waals surface area (Å²) in [6.45, 7) is 0.582. The molecule has 0 aliphatic heterocycles. The van der Waals surface area contributed by atoms with E-state index >= 15 is 0 Å². The standard InChI is InChI=1S/C20H17ClF3N3O9/c1-10(25-34-9-17(28)29)18(26-33-2)19(30)36-16-8-12(4-5-14(16)27(31)32)35-15-6-3-11(7-13(15)21)20(22,23)24/h3-8,10,25H,9H2,1-2H3,(H,28,29). The SMILES string of the molecule is CON=C(C(=O)Oc1cc(Oc2ccc(C(F)(F)F)cc2Cl)ccc1[N+](=O)[O-])C(C)NOCC(=O)O. The number of carboxylic acids is 1.